The van der Waals surface area contributed by atoms with Crippen LogP contribution in [-0.2, 0) is 0 Å². The van der Waals surface area contributed by atoms with E-state index in [1.807, 2.05) is 0 Å². The van der Waals surface area contributed by atoms with Gasteiger partial charge in [0.2, 0.25) is 0 Å². The molecule has 0 aliphatic carbocycles. The number of hydrogen-bond acceptors (Lipinski definition) is 1. The SMILES string of the molecule is CCCCCCCCCCCCCC[N+](C)(C)CC(C)(C)CO. The molecular formula is C21H46NO+. The first-order valence-electron chi connectivity index (χ1n) is 10.3. The first-order chi connectivity index (χ1) is 10.8. The quantitative estimate of drug-likeness (QED) is 0.281. The minimum absolute atomic E-state index is 0.0423. The zero-order valence-electron chi connectivity index (χ0n) is 17.0. The van der Waals surface area contributed by atoms with Gasteiger partial charge in [-0.2, -0.15) is 0 Å². The predicted molar refractivity (Wildman–Crippen MR) is 104 cm³/mol. The summed E-state index contributed by atoms with van der Waals surface area (Å²) in [5.74, 6) is 0. The average Bonchev–Trinajstić information content (AvgIpc) is 2.47. The first kappa shape index (κ1) is 22.9. The van der Waals surface area contributed by atoms with Gasteiger partial charge in [0.15, 0.2) is 0 Å². The molecule has 23 heavy (non-hydrogen) atoms. The van der Waals surface area contributed by atoms with Crippen LogP contribution >= 0.6 is 0 Å². The van der Waals surface area contributed by atoms with Crippen LogP contribution in [0.5, 0.6) is 0 Å². The van der Waals surface area contributed by atoms with Gasteiger partial charge in [-0.15, -0.1) is 0 Å². The van der Waals surface area contributed by atoms with Crippen molar-refractivity contribution in [2.45, 2.75) is 97.8 Å². The Morgan fingerprint density at radius 1 is 0.696 bits per heavy atom. The topological polar surface area (TPSA) is 20.2 Å². The van der Waals surface area contributed by atoms with Crippen LogP contribution in [0.3, 0.4) is 0 Å². The smallest absolute Gasteiger partial charge is 0.0856 e. The number of nitrogens with zero attached hydrogens (tertiary/aromatic N) is 1. The van der Waals surface area contributed by atoms with E-state index in [0.29, 0.717) is 0 Å². The molecule has 0 radical (unpaired) electrons. The van der Waals surface area contributed by atoms with E-state index in [-0.39, 0.29) is 12.0 Å². The fraction of sp³-hybridized carbons (Fsp3) is 1.00. The Balaban J connectivity index is 3.42. The molecule has 0 fully saturated rings. The van der Waals surface area contributed by atoms with Crippen LogP contribution in [0.2, 0.25) is 0 Å². The Hall–Kier alpha value is -0.0800. The number of quaternary nitrogens is 1. The van der Waals surface area contributed by atoms with Gasteiger partial charge in [0.1, 0.15) is 0 Å². The zero-order chi connectivity index (χ0) is 17.6. The van der Waals surface area contributed by atoms with Crippen LogP contribution in [0.25, 0.3) is 0 Å². The second-order valence-electron chi connectivity index (χ2n) is 9.03. The second-order valence-corrected chi connectivity index (χ2v) is 9.03. The van der Waals surface area contributed by atoms with Crippen LogP contribution < -0.4 is 0 Å². The largest absolute Gasteiger partial charge is 0.396 e. The Bertz CT molecular complexity index is 261. The zero-order valence-corrected chi connectivity index (χ0v) is 17.0. The normalized spacial score (nSPS) is 12.8. The summed E-state index contributed by atoms with van der Waals surface area (Å²) in [7, 11) is 4.60. The molecule has 0 bridgehead atoms. The van der Waals surface area contributed by atoms with Gasteiger partial charge in [-0.1, -0.05) is 85.0 Å². The van der Waals surface area contributed by atoms with Gasteiger partial charge in [0.25, 0.3) is 0 Å². The molecule has 140 valence electrons. The van der Waals surface area contributed by atoms with Gasteiger partial charge in [0.05, 0.1) is 33.8 Å². The summed E-state index contributed by atoms with van der Waals surface area (Å²) in [5.41, 5.74) is 0.0423. The average molecular weight is 329 g/mol. The maximum Gasteiger partial charge on any atom is 0.0856 e. The molecule has 0 aliphatic rings. The maximum absolute atomic E-state index is 9.42. The molecule has 0 heterocycles. The minimum Gasteiger partial charge on any atom is -0.396 e. The molecule has 1 N–H and O–H groups in total. The molecule has 0 spiro atoms. The van der Waals surface area contributed by atoms with Crippen molar-refractivity contribution in [2.24, 2.45) is 5.41 Å². The van der Waals surface area contributed by atoms with Crippen molar-refractivity contribution in [2.75, 3.05) is 33.8 Å². The molecule has 0 amide bonds. The third-order valence-electron chi connectivity index (χ3n) is 4.90. The maximum atomic E-state index is 9.42. The van der Waals surface area contributed by atoms with E-state index in [9.17, 15) is 5.11 Å². The van der Waals surface area contributed by atoms with Crippen molar-refractivity contribution in [3.63, 3.8) is 0 Å². The molecule has 0 aromatic rings. The van der Waals surface area contributed by atoms with Gasteiger partial charge in [-0.05, 0) is 12.8 Å². The van der Waals surface area contributed by atoms with Crippen LogP contribution in [-0.4, -0.2) is 43.4 Å². The number of hydrogen-bond donors (Lipinski definition) is 1. The summed E-state index contributed by atoms with van der Waals surface area (Å²) in [6.45, 7) is 9.19. The monoisotopic (exact) mass is 328 g/mol. The van der Waals surface area contributed by atoms with E-state index in [1.165, 1.54) is 83.6 Å². The highest BCUT2D eigenvalue weighted by Gasteiger charge is 2.27. The molecule has 0 rings (SSSR count). The van der Waals surface area contributed by atoms with Crippen molar-refractivity contribution < 1.29 is 9.59 Å². The summed E-state index contributed by atoms with van der Waals surface area (Å²) in [6, 6.07) is 0. The van der Waals surface area contributed by atoms with Gasteiger partial charge in [-0.3, -0.25) is 0 Å². The standard InChI is InChI=1S/C21H46NO/c1-6-7-8-9-10-11-12-13-14-15-16-17-18-22(4,5)19-21(2,3)20-23/h23H,6-20H2,1-5H3/q+1. The lowest BCUT2D eigenvalue weighted by atomic mass is 9.93. The van der Waals surface area contributed by atoms with Crippen LogP contribution in [0.15, 0.2) is 0 Å². The predicted octanol–water partition coefficient (Wildman–Crippen LogP) is 5.78. The molecule has 0 atom stereocenters. The number of aliphatic hydroxyl groups excluding tert-OH is 1. The molecule has 0 saturated heterocycles. The highest BCUT2D eigenvalue weighted by Crippen LogP contribution is 2.19. The summed E-state index contributed by atoms with van der Waals surface area (Å²) < 4.78 is 1.03. The Labute approximate surface area is 147 Å². The Kier molecular flexibility index (Phi) is 13.2. The third-order valence-corrected chi connectivity index (χ3v) is 4.90. The van der Waals surface area contributed by atoms with Gasteiger partial charge >= 0.3 is 0 Å². The molecule has 0 unspecified atom stereocenters. The fourth-order valence-electron chi connectivity index (χ4n) is 3.67. The number of unbranched alkanes of at least 4 members (excludes halogenated alkanes) is 11. The number of rotatable bonds is 16. The van der Waals surface area contributed by atoms with Crippen molar-refractivity contribution in [3.05, 3.63) is 0 Å². The van der Waals surface area contributed by atoms with Crippen molar-refractivity contribution in [1.29, 1.82) is 0 Å². The lowest BCUT2D eigenvalue weighted by Crippen LogP contribution is -2.48. The van der Waals surface area contributed by atoms with Crippen molar-refractivity contribution >= 4 is 0 Å². The molecular weight excluding hydrogens is 282 g/mol. The van der Waals surface area contributed by atoms with E-state index in [0.717, 1.165) is 11.0 Å². The van der Waals surface area contributed by atoms with Gasteiger partial charge < -0.3 is 9.59 Å². The Morgan fingerprint density at radius 3 is 1.48 bits per heavy atom. The fourth-order valence-corrected chi connectivity index (χ4v) is 3.67. The molecule has 2 heteroatoms. The lowest BCUT2D eigenvalue weighted by Gasteiger charge is -2.36. The van der Waals surface area contributed by atoms with Crippen molar-refractivity contribution in [1.82, 2.24) is 0 Å². The molecule has 2 nitrogen and oxygen atoms in total. The summed E-state index contributed by atoms with van der Waals surface area (Å²) in [4.78, 5) is 0. The highest BCUT2D eigenvalue weighted by molar-refractivity contribution is 4.65. The molecule has 0 aromatic carbocycles. The van der Waals surface area contributed by atoms with Crippen molar-refractivity contribution in [3.8, 4) is 0 Å². The molecule has 0 aromatic heterocycles. The summed E-state index contributed by atoms with van der Waals surface area (Å²) in [6.07, 6.45) is 17.0. The van der Waals surface area contributed by atoms with E-state index >= 15 is 0 Å². The van der Waals surface area contributed by atoms with Crippen LogP contribution in [0, 0.1) is 5.41 Å². The first-order valence-corrected chi connectivity index (χ1v) is 10.3. The number of aliphatic hydroxyl groups is 1. The van der Waals surface area contributed by atoms with E-state index in [4.69, 9.17) is 0 Å². The van der Waals surface area contributed by atoms with E-state index < -0.39 is 0 Å². The molecule has 0 saturated carbocycles. The highest BCUT2D eigenvalue weighted by atomic mass is 16.3. The van der Waals surface area contributed by atoms with Crippen LogP contribution in [0.1, 0.15) is 97.8 Å². The second kappa shape index (κ2) is 13.2. The van der Waals surface area contributed by atoms with Crippen LogP contribution in [0.4, 0.5) is 0 Å². The third kappa shape index (κ3) is 15.2. The van der Waals surface area contributed by atoms with Gasteiger partial charge in [0, 0.05) is 5.41 Å². The molecule has 0 aliphatic heterocycles. The van der Waals surface area contributed by atoms with Gasteiger partial charge in [-0.25, -0.2) is 0 Å². The Morgan fingerprint density at radius 2 is 1.09 bits per heavy atom. The van der Waals surface area contributed by atoms with E-state index in [1.54, 1.807) is 0 Å². The summed E-state index contributed by atoms with van der Waals surface area (Å²) in [5, 5.41) is 9.42. The summed E-state index contributed by atoms with van der Waals surface area (Å²) >= 11 is 0. The lowest BCUT2D eigenvalue weighted by molar-refractivity contribution is -0.896. The van der Waals surface area contributed by atoms with E-state index in [2.05, 4.69) is 34.9 Å². The minimum atomic E-state index is 0.0423.